The Labute approximate surface area is 123 Å². The number of cyclic esters (lactones) is 1. The van der Waals surface area contributed by atoms with E-state index in [1.165, 1.54) is 0 Å². The average Bonchev–Trinajstić information content (AvgIpc) is 2.34. The molecule has 1 fully saturated rings. The monoisotopic (exact) mass is 325 g/mol. The highest BCUT2D eigenvalue weighted by Crippen LogP contribution is 2.44. The Kier molecular flexibility index (Phi) is 3.82. The highest BCUT2D eigenvalue weighted by atomic mass is 35.5. The number of benzene rings is 1. The molecule has 0 bridgehead atoms. The molecule has 0 radical (unpaired) electrons. The molecule has 1 amide bonds. The Morgan fingerprint density at radius 3 is 2.57 bits per heavy atom. The average molecular weight is 326 g/mol. The van der Waals surface area contributed by atoms with Crippen molar-refractivity contribution in [2.24, 2.45) is 5.41 Å². The first-order valence-electron chi connectivity index (χ1n) is 6.02. The van der Waals surface area contributed by atoms with Crippen LogP contribution in [0.2, 0.25) is 5.02 Å². The van der Waals surface area contributed by atoms with E-state index in [4.69, 9.17) is 16.3 Å². The number of hydrogen-bond donors (Lipinski definition) is 1. The number of alkyl carbamates (subject to hydrolysis) is 1. The molecule has 1 aliphatic rings. The van der Waals surface area contributed by atoms with Crippen LogP contribution in [0.4, 0.5) is 22.4 Å². The molecule has 1 saturated heterocycles. The van der Waals surface area contributed by atoms with Gasteiger partial charge in [-0.1, -0.05) is 25.4 Å². The van der Waals surface area contributed by atoms with Crippen LogP contribution < -0.4 is 5.32 Å². The van der Waals surface area contributed by atoms with Gasteiger partial charge in [0.25, 0.3) is 0 Å². The molecule has 1 atom stereocenters. The Morgan fingerprint density at radius 1 is 1.38 bits per heavy atom. The van der Waals surface area contributed by atoms with Crippen LogP contribution in [0.3, 0.4) is 0 Å². The highest BCUT2D eigenvalue weighted by molar-refractivity contribution is 6.30. The highest BCUT2D eigenvalue weighted by Gasteiger charge is 2.45. The summed E-state index contributed by atoms with van der Waals surface area (Å²) < 4.78 is 58.3. The zero-order valence-electron chi connectivity index (χ0n) is 11.1. The number of rotatable bonds is 1. The van der Waals surface area contributed by atoms with E-state index in [1.807, 2.05) is 0 Å². The van der Waals surface area contributed by atoms with Crippen molar-refractivity contribution in [1.82, 2.24) is 5.32 Å². The second-order valence-corrected chi connectivity index (χ2v) is 5.87. The molecular formula is C13H12ClF4NO2. The van der Waals surface area contributed by atoms with Crippen molar-refractivity contribution in [2.75, 3.05) is 6.61 Å². The van der Waals surface area contributed by atoms with Crippen LogP contribution in [-0.2, 0) is 10.9 Å². The fraction of sp³-hybridized carbons (Fsp3) is 0.462. The van der Waals surface area contributed by atoms with Crippen LogP contribution >= 0.6 is 11.6 Å². The number of halogens is 5. The van der Waals surface area contributed by atoms with Gasteiger partial charge in [0, 0.05) is 11.0 Å². The van der Waals surface area contributed by atoms with E-state index in [9.17, 15) is 22.4 Å². The third kappa shape index (κ3) is 2.92. The van der Waals surface area contributed by atoms with Gasteiger partial charge in [-0.05, 0) is 12.1 Å². The molecule has 3 nitrogen and oxygen atoms in total. The van der Waals surface area contributed by atoms with Crippen LogP contribution in [0.1, 0.15) is 31.0 Å². The van der Waals surface area contributed by atoms with Gasteiger partial charge in [0.2, 0.25) is 0 Å². The summed E-state index contributed by atoms with van der Waals surface area (Å²) in [6, 6.07) is 0.351. The molecular weight excluding hydrogens is 314 g/mol. The van der Waals surface area contributed by atoms with E-state index in [0.717, 1.165) is 6.07 Å². The first-order chi connectivity index (χ1) is 9.54. The van der Waals surface area contributed by atoms with Crippen molar-refractivity contribution in [3.63, 3.8) is 0 Å². The van der Waals surface area contributed by atoms with Crippen molar-refractivity contribution < 1.29 is 27.1 Å². The molecule has 116 valence electrons. The number of hydrogen-bond acceptors (Lipinski definition) is 2. The zero-order chi connectivity index (χ0) is 16.0. The van der Waals surface area contributed by atoms with Crippen LogP contribution in [0.25, 0.3) is 0 Å². The van der Waals surface area contributed by atoms with Crippen molar-refractivity contribution in [2.45, 2.75) is 26.1 Å². The minimum Gasteiger partial charge on any atom is -0.449 e. The SMILES string of the molecule is CC1(C)COC(=O)N[C@@H]1c1c(C(F)(F)F)ccc(Cl)c1F. The summed E-state index contributed by atoms with van der Waals surface area (Å²) in [5.74, 6) is -1.19. The maximum Gasteiger partial charge on any atom is 0.416 e. The molecule has 2 rings (SSSR count). The van der Waals surface area contributed by atoms with Gasteiger partial charge in [0.1, 0.15) is 12.4 Å². The largest absolute Gasteiger partial charge is 0.449 e. The molecule has 1 N–H and O–H groups in total. The van der Waals surface area contributed by atoms with Gasteiger partial charge in [-0.15, -0.1) is 0 Å². The van der Waals surface area contributed by atoms with Gasteiger partial charge in [-0.25, -0.2) is 9.18 Å². The predicted molar refractivity (Wildman–Crippen MR) is 67.4 cm³/mol. The molecule has 1 aromatic rings. The molecule has 21 heavy (non-hydrogen) atoms. The normalized spacial score (nSPS) is 21.7. The molecule has 0 saturated carbocycles. The third-order valence-corrected chi connectivity index (χ3v) is 3.64. The first kappa shape index (κ1) is 15.9. The summed E-state index contributed by atoms with van der Waals surface area (Å²) in [4.78, 5) is 11.3. The first-order valence-corrected chi connectivity index (χ1v) is 6.40. The Morgan fingerprint density at radius 2 is 2.00 bits per heavy atom. The smallest absolute Gasteiger partial charge is 0.416 e. The van der Waals surface area contributed by atoms with E-state index in [2.05, 4.69) is 5.32 Å². The topological polar surface area (TPSA) is 38.3 Å². The summed E-state index contributed by atoms with van der Waals surface area (Å²) >= 11 is 5.60. The van der Waals surface area contributed by atoms with Crippen molar-refractivity contribution in [1.29, 1.82) is 0 Å². The van der Waals surface area contributed by atoms with E-state index >= 15 is 0 Å². The Hall–Kier alpha value is -1.50. The van der Waals surface area contributed by atoms with Crippen molar-refractivity contribution >= 4 is 17.7 Å². The van der Waals surface area contributed by atoms with Crippen LogP contribution in [0.15, 0.2) is 12.1 Å². The summed E-state index contributed by atoms with van der Waals surface area (Å²) in [6.45, 7) is 3.00. The minimum atomic E-state index is -4.76. The molecule has 0 spiro atoms. The van der Waals surface area contributed by atoms with E-state index in [1.54, 1.807) is 13.8 Å². The summed E-state index contributed by atoms with van der Waals surface area (Å²) in [6.07, 6.45) is -5.66. The molecule has 1 heterocycles. The summed E-state index contributed by atoms with van der Waals surface area (Å²) in [5, 5.41) is 1.81. The summed E-state index contributed by atoms with van der Waals surface area (Å²) in [5.41, 5.74) is -2.76. The van der Waals surface area contributed by atoms with Crippen molar-refractivity contribution in [3.05, 3.63) is 34.1 Å². The van der Waals surface area contributed by atoms with Gasteiger partial charge in [-0.2, -0.15) is 13.2 Å². The fourth-order valence-corrected chi connectivity index (χ4v) is 2.41. The number of carbonyl (C=O) groups excluding carboxylic acids is 1. The van der Waals surface area contributed by atoms with E-state index in [-0.39, 0.29) is 6.61 Å². The van der Waals surface area contributed by atoms with Gasteiger partial charge in [0.15, 0.2) is 0 Å². The predicted octanol–water partition coefficient (Wildman–Crippen LogP) is 4.31. The Balaban J connectivity index is 2.66. The standard InChI is InChI=1S/C13H12ClF4NO2/c1-12(2)5-21-11(20)19-10(12)8-6(13(16,17)18)3-4-7(14)9(8)15/h3-4,10H,5H2,1-2H3,(H,19,20)/t10-/m1/s1. The maximum atomic E-state index is 14.2. The second kappa shape index (κ2) is 5.05. The van der Waals surface area contributed by atoms with E-state index in [0.29, 0.717) is 6.07 Å². The minimum absolute atomic E-state index is 0.132. The lowest BCUT2D eigenvalue weighted by Crippen LogP contribution is -2.48. The fourth-order valence-electron chi connectivity index (χ4n) is 2.25. The van der Waals surface area contributed by atoms with Gasteiger partial charge >= 0.3 is 12.3 Å². The van der Waals surface area contributed by atoms with E-state index < -0.39 is 45.7 Å². The number of amides is 1. The quantitative estimate of drug-likeness (QED) is 0.782. The third-order valence-electron chi connectivity index (χ3n) is 3.35. The molecule has 0 aromatic heterocycles. The van der Waals surface area contributed by atoms with Gasteiger partial charge in [-0.3, -0.25) is 0 Å². The summed E-state index contributed by atoms with van der Waals surface area (Å²) in [7, 11) is 0. The van der Waals surface area contributed by atoms with Crippen LogP contribution in [0.5, 0.6) is 0 Å². The molecule has 1 aromatic carbocycles. The van der Waals surface area contributed by atoms with Gasteiger partial charge < -0.3 is 10.1 Å². The lowest BCUT2D eigenvalue weighted by molar-refractivity contribution is -0.139. The molecule has 8 heteroatoms. The second-order valence-electron chi connectivity index (χ2n) is 5.46. The molecule has 1 aliphatic heterocycles. The van der Waals surface area contributed by atoms with Gasteiger partial charge in [0.05, 0.1) is 16.6 Å². The number of nitrogens with one attached hydrogen (secondary N) is 1. The lowest BCUT2D eigenvalue weighted by atomic mass is 9.78. The molecule has 0 aliphatic carbocycles. The maximum absolute atomic E-state index is 14.2. The number of alkyl halides is 3. The Bertz CT molecular complexity index is 586. The number of carbonyl (C=O) groups is 1. The van der Waals surface area contributed by atoms with Crippen molar-refractivity contribution in [3.8, 4) is 0 Å². The number of ether oxygens (including phenoxy) is 1. The van der Waals surface area contributed by atoms with Crippen LogP contribution in [-0.4, -0.2) is 12.7 Å². The zero-order valence-corrected chi connectivity index (χ0v) is 11.9. The molecule has 0 unspecified atom stereocenters. The van der Waals surface area contributed by atoms with Crippen LogP contribution in [0, 0.1) is 11.2 Å². The lowest BCUT2D eigenvalue weighted by Gasteiger charge is -2.39.